The highest BCUT2D eigenvalue weighted by molar-refractivity contribution is 9.28. The second-order valence-electron chi connectivity index (χ2n) is 5.23. The fourth-order valence-electron chi connectivity index (χ4n) is 2.20. The van der Waals surface area contributed by atoms with Crippen molar-refractivity contribution in [2.75, 3.05) is 6.61 Å². The molecule has 0 fully saturated rings. The number of carbonyl (C=O) groups is 1. The molecule has 2 rings (SSSR count). The summed E-state index contributed by atoms with van der Waals surface area (Å²) in [6.45, 7) is 2.16. The summed E-state index contributed by atoms with van der Waals surface area (Å²) in [5.41, 5.74) is 1.76. The first-order chi connectivity index (χ1) is 12.9. The van der Waals surface area contributed by atoms with E-state index in [1.807, 2.05) is 12.1 Å². The number of hydrogen-bond donors (Lipinski definition) is 1. The van der Waals surface area contributed by atoms with Crippen LogP contribution in [0.1, 0.15) is 23.6 Å². The summed E-state index contributed by atoms with van der Waals surface area (Å²) in [4.78, 5) is 16.4. The molecule has 2 aromatic rings. The van der Waals surface area contributed by atoms with Crippen LogP contribution in [0.3, 0.4) is 0 Å². The molecule has 142 valence electrons. The molecule has 0 aliphatic heterocycles. The number of carboxylic acids is 1. The SMILES string of the molecule is CCO/N=C(/C(=O)O)c1ccccc1COc1ccc(C=C(Br)Br)c(Cl)c1. The largest absolute Gasteiger partial charge is 0.489 e. The topological polar surface area (TPSA) is 68.1 Å². The maximum atomic E-state index is 11.5. The zero-order valence-electron chi connectivity index (χ0n) is 14.3. The summed E-state index contributed by atoms with van der Waals surface area (Å²) < 4.78 is 6.56. The normalized spacial score (nSPS) is 11.0. The minimum atomic E-state index is -1.17. The highest BCUT2D eigenvalue weighted by Crippen LogP contribution is 2.28. The predicted octanol–water partition coefficient (Wildman–Crippen LogP) is 5.83. The third-order valence-electron chi connectivity index (χ3n) is 3.39. The highest BCUT2D eigenvalue weighted by atomic mass is 79.9. The molecule has 0 spiro atoms. The first-order valence-electron chi connectivity index (χ1n) is 7.89. The van der Waals surface area contributed by atoms with E-state index >= 15 is 0 Å². The molecule has 0 bridgehead atoms. The van der Waals surface area contributed by atoms with Gasteiger partial charge in [-0.2, -0.15) is 0 Å². The van der Waals surface area contributed by atoms with E-state index in [4.69, 9.17) is 21.2 Å². The van der Waals surface area contributed by atoms with Crippen molar-refractivity contribution in [3.05, 3.63) is 67.6 Å². The van der Waals surface area contributed by atoms with Crippen LogP contribution in [0.25, 0.3) is 6.08 Å². The summed E-state index contributed by atoms with van der Waals surface area (Å²) in [7, 11) is 0. The quantitative estimate of drug-likeness (QED) is 0.353. The number of hydrogen-bond acceptors (Lipinski definition) is 4. The van der Waals surface area contributed by atoms with Crippen LogP contribution in [0.4, 0.5) is 0 Å². The minimum absolute atomic E-state index is 0.155. The molecule has 0 aliphatic carbocycles. The van der Waals surface area contributed by atoms with Gasteiger partial charge in [0, 0.05) is 5.56 Å². The molecule has 0 aliphatic rings. The van der Waals surface area contributed by atoms with Gasteiger partial charge in [-0.15, -0.1) is 0 Å². The number of benzene rings is 2. The molecule has 27 heavy (non-hydrogen) atoms. The summed E-state index contributed by atoms with van der Waals surface area (Å²) in [5, 5.41) is 13.7. The zero-order chi connectivity index (χ0) is 19.8. The Kier molecular flexibility index (Phi) is 8.34. The van der Waals surface area contributed by atoms with E-state index in [-0.39, 0.29) is 18.9 Å². The van der Waals surface area contributed by atoms with E-state index in [2.05, 4.69) is 37.0 Å². The second kappa shape index (κ2) is 10.5. The predicted molar refractivity (Wildman–Crippen MR) is 114 cm³/mol. The van der Waals surface area contributed by atoms with Crippen LogP contribution in [0.5, 0.6) is 5.75 Å². The molecule has 0 radical (unpaired) electrons. The van der Waals surface area contributed by atoms with Crippen LogP contribution in [-0.4, -0.2) is 23.4 Å². The number of rotatable bonds is 8. The Morgan fingerprint density at radius 1 is 1.26 bits per heavy atom. The van der Waals surface area contributed by atoms with Gasteiger partial charge in [-0.3, -0.25) is 0 Å². The molecule has 0 amide bonds. The Hall–Kier alpha value is -1.83. The van der Waals surface area contributed by atoms with E-state index in [0.29, 0.717) is 21.9 Å². The molecule has 0 aromatic heterocycles. The van der Waals surface area contributed by atoms with Gasteiger partial charge in [-0.25, -0.2) is 4.79 Å². The van der Waals surface area contributed by atoms with Crippen molar-refractivity contribution in [3.8, 4) is 5.75 Å². The van der Waals surface area contributed by atoms with Gasteiger partial charge >= 0.3 is 5.97 Å². The molecule has 5 nitrogen and oxygen atoms in total. The molecule has 0 atom stereocenters. The number of oxime groups is 1. The maximum Gasteiger partial charge on any atom is 0.358 e. The molecule has 0 heterocycles. The van der Waals surface area contributed by atoms with Gasteiger partial charge in [-0.1, -0.05) is 41.0 Å². The van der Waals surface area contributed by atoms with Gasteiger partial charge in [0.1, 0.15) is 19.0 Å². The molecule has 0 unspecified atom stereocenters. The minimum Gasteiger partial charge on any atom is -0.489 e. The Morgan fingerprint density at radius 3 is 2.63 bits per heavy atom. The first-order valence-corrected chi connectivity index (χ1v) is 9.85. The van der Waals surface area contributed by atoms with Crippen LogP contribution in [0.2, 0.25) is 5.02 Å². The van der Waals surface area contributed by atoms with Gasteiger partial charge in [0.2, 0.25) is 0 Å². The van der Waals surface area contributed by atoms with Gasteiger partial charge in [0.15, 0.2) is 5.71 Å². The maximum absolute atomic E-state index is 11.5. The lowest BCUT2D eigenvalue weighted by Crippen LogP contribution is -2.18. The number of halogens is 3. The van der Waals surface area contributed by atoms with E-state index in [9.17, 15) is 9.90 Å². The Balaban J connectivity index is 2.23. The average molecular weight is 518 g/mol. The van der Waals surface area contributed by atoms with Gasteiger partial charge < -0.3 is 14.7 Å². The molecule has 8 heteroatoms. The van der Waals surface area contributed by atoms with Crippen LogP contribution in [-0.2, 0) is 16.2 Å². The Bertz CT molecular complexity index is 880. The Morgan fingerprint density at radius 2 is 2.00 bits per heavy atom. The highest BCUT2D eigenvalue weighted by Gasteiger charge is 2.17. The number of nitrogens with zero attached hydrogens (tertiary/aromatic N) is 1. The van der Waals surface area contributed by atoms with E-state index in [1.165, 1.54) is 0 Å². The third-order valence-corrected chi connectivity index (χ3v) is 4.18. The molecule has 0 saturated heterocycles. The number of ether oxygens (including phenoxy) is 1. The summed E-state index contributed by atoms with van der Waals surface area (Å²) in [5.74, 6) is -0.605. The van der Waals surface area contributed by atoms with E-state index in [1.54, 1.807) is 43.3 Å². The van der Waals surface area contributed by atoms with E-state index in [0.717, 1.165) is 8.96 Å². The van der Waals surface area contributed by atoms with Crippen molar-refractivity contribution in [2.24, 2.45) is 5.16 Å². The average Bonchev–Trinajstić information content (AvgIpc) is 2.62. The summed E-state index contributed by atoms with van der Waals surface area (Å²) in [6, 6.07) is 12.3. The van der Waals surface area contributed by atoms with Crippen molar-refractivity contribution in [2.45, 2.75) is 13.5 Å². The molecule has 2 aromatic carbocycles. The lowest BCUT2D eigenvalue weighted by atomic mass is 10.0. The fraction of sp³-hybridized carbons (Fsp3) is 0.158. The summed E-state index contributed by atoms with van der Waals surface area (Å²) in [6.07, 6.45) is 1.82. The van der Waals surface area contributed by atoms with Crippen molar-refractivity contribution < 1.29 is 19.5 Å². The Labute approximate surface area is 178 Å². The van der Waals surface area contributed by atoms with Crippen LogP contribution in [0.15, 0.2) is 51.0 Å². The standard InChI is InChI=1S/C19H16Br2ClNO4/c1-2-27-23-18(19(24)25)15-6-4-3-5-13(15)11-26-14-8-7-12(9-17(20)21)16(22)10-14/h3-10H,2,11H2,1H3,(H,24,25)/b23-18+. The molecule has 1 N–H and O–H groups in total. The lowest BCUT2D eigenvalue weighted by Gasteiger charge is -2.12. The van der Waals surface area contributed by atoms with Crippen molar-refractivity contribution in [3.63, 3.8) is 0 Å². The summed E-state index contributed by atoms with van der Waals surface area (Å²) >= 11 is 12.8. The van der Waals surface area contributed by atoms with Crippen LogP contribution in [0, 0.1) is 0 Å². The lowest BCUT2D eigenvalue weighted by molar-refractivity contribution is -0.129. The zero-order valence-corrected chi connectivity index (χ0v) is 18.2. The number of carboxylic acid groups (broad SMARTS) is 1. The second-order valence-corrected chi connectivity index (χ2v) is 8.41. The number of aliphatic carboxylic acids is 1. The van der Waals surface area contributed by atoms with Gasteiger partial charge in [0.25, 0.3) is 0 Å². The van der Waals surface area contributed by atoms with Crippen molar-refractivity contribution in [1.29, 1.82) is 0 Å². The fourth-order valence-corrected chi connectivity index (χ4v) is 2.92. The molecule has 0 saturated carbocycles. The molecular formula is C19H16Br2ClNO4. The van der Waals surface area contributed by atoms with E-state index < -0.39 is 5.97 Å². The van der Waals surface area contributed by atoms with Crippen molar-refractivity contribution in [1.82, 2.24) is 0 Å². The van der Waals surface area contributed by atoms with Crippen LogP contribution < -0.4 is 4.74 Å². The first kappa shape index (κ1) is 21.5. The van der Waals surface area contributed by atoms with Crippen molar-refractivity contribution >= 4 is 61.2 Å². The smallest absolute Gasteiger partial charge is 0.358 e. The molecular weight excluding hydrogens is 501 g/mol. The van der Waals surface area contributed by atoms with Crippen LogP contribution >= 0.6 is 43.5 Å². The monoisotopic (exact) mass is 515 g/mol. The van der Waals surface area contributed by atoms with Gasteiger partial charge in [-0.05, 0) is 74.2 Å². The third kappa shape index (κ3) is 6.37. The van der Waals surface area contributed by atoms with Gasteiger partial charge in [0.05, 0.1) is 8.41 Å².